The van der Waals surface area contributed by atoms with E-state index in [9.17, 15) is 0 Å². The highest BCUT2D eigenvalue weighted by atomic mass is 13.8. The van der Waals surface area contributed by atoms with E-state index < -0.39 is 0 Å². The SMILES string of the molecule is C=C.C=C.C=CC.C=Cc1ccccc1.C=Cc1ccccc1. The summed E-state index contributed by atoms with van der Waals surface area (Å²) < 4.78 is 0. The molecule has 0 saturated heterocycles. The van der Waals surface area contributed by atoms with Crippen molar-refractivity contribution in [1.82, 2.24) is 0 Å². The molecule has 0 nitrogen and oxygen atoms in total. The van der Waals surface area contributed by atoms with E-state index in [1.165, 1.54) is 11.1 Å². The van der Waals surface area contributed by atoms with Crippen LogP contribution in [0.4, 0.5) is 0 Å². The Bertz CT molecular complexity index is 434. The lowest BCUT2D eigenvalue weighted by atomic mass is 10.2. The van der Waals surface area contributed by atoms with Crippen LogP contribution in [0.2, 0.25) is 0 Å². The summed E-state index contributed by atoms with van der Waals surface area (Å²) in [6.07, 6.45) is 5.42. The molecule has 2 aromatic rings. The van der Waals surface area contributed by atoms with Gasteiger partial charge in [0, 0.05) is 0 Å². The molecule has 0 atom stereocenters. The van der Waals surface area contributed by atoms with Gasteiger partial charge in [-0.25, -0.2) is 0 Å². The summed E-state index contributed by atoms with van der Waals surface area (Å²) >= 11 is 0. The molecule has 0 radical (unpaired) electrons. The number of benzene rings is 2. The number of rotatable bonds is 2. The number of hydrogen-bond donors (Lipinski definition) is 0. The summed E-state index contributed by atoms with van der Waals surface area (Å²) in [5, 5.41) is 0. The van der Waals surface area contributed by atoms with Gasteiger partial charge in [0.25, 0.3) is 0 Å². The highest BCUT2D eigenvalue weighted by molar-refractivity contribution is 5.46. The first-order valence-corrected chi connectivity index (χ1v) is 7.20. The molecule has 0 saturated carbocycles. The molecule has 0 aromatic heterocycles. The molecule has 122 valence electrons. The molecule has 0 fully saturated rings. The minimum Gasteiger partial charge on any atom is -0.106 e. The molecule has 0 aliphatic heterocycles. The zero-order chi connectivity index (χ0) is 18.3. The third-order valence-corrected chi connectivity index (χ3v) is 2.07. The lowest BCUT2D eigenvalue weighted by Gasteiger charge is -1.85. The molecule has 23 heavy (non-hydrogen) atoms. The first-order chi connectivity index (χ1) is 11.3. The standard InChI is InChI=1S/2C8H8.C3H6.2C2H4/c2*1-2-8-6-4-3-5-7-8;1-3-2;2*1-2/h2*2-7H,1H2;3H,1H2,2H3;2*1-2H2. The normalized spacial score (nSPS) is 6.83. The first kappa shape index (κ1) is 25.1. The van der Waals surface area contributed by atoms with Crippen LogP contribution in [-0.2, 0) is 0 Å². The zero-order valence-corrected chi connectivity index (χ0v) is 14.5. The van der Waals surface area contributed by atoms with Crippen LogP contribution >= 0.6 is 0 Å². The molecule has 0 unspecified atom stereocenters. The van der Waals surface area contributed by atoms with E-state index in [1.54, 1.807) is 6.08 Å². The van der Waals surface area contributed by atoms with E-state index >= 15 is 0 Å². The van der Waals surface area contributed by atoms with Gasteiger partial charge in [0.2, 0.25) is 0 Å². The molecule has 0 amide bonds. The molecule has 0 aliphatic carbocycles. The fourth-order valence-corrected chi connectivity index (χ4v) is 1.18. The number of allylic oxidation sites excluding steroid dienone is 1. The van der Waals surface area contributed by atoms with Gasteiger partial charge in [-0.3, -0.25) is 0 Å². The van der Waals surface area contributed by atoms with Crippen LogP contribution < -0.4 is 0 Å². The summed E-state index contributed by atoms with van der Waals surface area (Å²) in [6.45, 7) is 24.5. The van der Waals surface area contributed by atoms with Gasteiger partial charge in [0.1, 0.15) is 0 Å². The minimum absolute atomic E-state index is 1.17. The maximum absolute atomic E-state index is 3.63. The van der Waals surface area contributed by atoms with Crippen molar-refractivity contribution in [1.29, 1.82) is 0 Å². The quantitative estimate of drug-likeness (QED) is 0.505. The van der Waals surface area contributed by atoms with Crippen LogP contribution in [0.1, 0.15) is 18.1 Å². The van der Waals surface area contributed by atoms with Gasteiger partial charge in [0.15, 0.2) is 0 Å². The van der Waals surface area contributed by atoms with Gasteiger partial charge in [-0.1, -0.05) is 92.0 Å². The maximum Gasteiger partial charge on any atom is -0.0263 e. The Morgan fingerprint density at radius 1 is 0.565 bits per heavy atom. The summed E-state index contributed by atoms with van der Waals surface area (Å²) in [5.74, 6) is 0. The molecule has 2 rings (SSSR count). The molecule has 0 spiro atoms. The van der Waals surface area contributed by atoms with Crippen molar-refractivity contribution >= 4 is 12.2 Å². The van der Waals surface area contributed by atoms with Crippen LogP contribution in [0.5, 0.6) is 0 Å². The van der Waals surface area contributed by atoms with Crippen LogP contribution in [0, 0.1) is 0 Å². The smallest absolute Gasteiger partial charge is 0.0263 e. The first-order valence-electron chi connectivity index (χ1n) is 7.20. The average molecular weight is 306 g/mol. The average Bonchev–Trinajstić information content (AvgIpc) is 2.67. The van der Waals surface area contributed by atoms with Crippen molar-refractivity contribution in [2.45, 2.75) is 6.92 Å². The number of hydrogen-bond acceptors (Lipinski definition) is 0. The molecular weight excluding hydrogens is 276 g/mol. The third kappa shape index (κ3) is 19.1. The topological polar surface area (TPSA) is 0 Å². The van der Waals surface area contributed by atoms with E-state index in [4.69, 9.17) is 0 Å². The van der Waals surface area contributed by atoms with Crippen LogP contribution in [-0.4, -0.2) is 0 Å². The molecule has 2 aromatic carbocycles. The molecule has 0 bridgehead atoms. The predicted octanol–water partition coefficient (Wildman–Crippen LogP) is 7.46. The van der Waals surface area contributed by atoms with Gasteiger partial charge in [-0.15, -0.1) is 32.9 Å². The zero-order valence-electron chi connectivity index (χ0n) is 14.5. The fourth-order valence-electron chi connectivity index (χ4n) is 1.18. The van der Waals surface area contributed by atoms with Gasteiger partial charge in [-0.2, -0.15) is 0 Å². The maximum atomic E-state index is 3.63. The summed E-state index contributed by atoms with van der Waals surface area (Å²) in [4.78, 5) is 0. The molecular formula is C23H30. The second kappa shape index (κ2) is 24.2. The van der Waals surface area contributed by atoms with E-state index in [0.29, 0.717) is 0 Å². The van der Waals surface area contributed by atoms with E-state index in [2.05, 4.69) is 46.1 Å². The van der Waals surface area contributed by atoms with Gasteiger partial charge < -0.3 is 0 Å². The Kier molecular flexibility index (Phi) is 26.4. The monoisotopic (exact) mass is 306 g/mol. The van der Waals surface area contributed by atoms with Crippen molar-refractivity contribution in [2.24, 2.45) is 0 Å². The molecule has 0 heteroatoms. The minimum atomic E-state index is 1.17. The van der Waals surface area contributed by atoms with Crippen LogP contribution in [0.15, 0.2) is 113 Å². The van der Waals surface area contributed by atoms with Crippen LogP contribution in [0.25, 0.3) is 12.2 Å². The molecule has 0 aliphatic rings. The largest absolute Gasteiger partial charge is 0.106 e. The summed E-state index contributed by atoms with van der Waals surface area (Å²) in [5.41, 5.74) is 2.35. The highest BCUT2D eigenvalue weighted by Gasteiger charge is 1.76. The Morgan fingerprint density at radius 2 is 0.783 bits per heavy atom. The second-order valence-corrected chi connectivity index (χ2v) is 3.64. The van der Waals surface area contributed by atoms with Crippen molar-refractivity contribution in [3.8, 4) is 0 Å². The fraction of sp³-hybridized carbons (Fsp3) is 0.0435. The lowest BCUT2D eigenvalue weighted by Crippen LogP contribution is -1.63. The summed E-state index contributed by atoms with van der Waals surface area (Å²) in [7, 11) is 0. The Hall–Kier alpha value is -2.86. The van der Waals surface area contributed by atoms with Gasteiger partial charge >= 0.3 is 0 Å². The molecule has 0 N–H and O–H groups in total. The third-order valence-electron chi connectivity index (χ3n) is 2.07. The van der Waals surface area contributed by atoms with Crippen molar-refractivity contribution in [3.63, 3.8) is 0 Å². The van der Waals surface area contributed by atoms with Crippen molar-refractivity contribution in [3.05, 3.63) is 124 Å². The predicted molar refractivity (Wildman–Crippen MR) is 111 cm³/mol. The Labute approximate surface area is 143 Å². The summed E-state index contributed by atoms with van der Waals surface area (Å²) in [6, 6.07) is 20.1. The second-order valence-electron chi connectivity index (χ2n) is 3.64. The molecule has 0 heterocycles. The van der Waals surface area contributed by atoms with Crippen molar-refractivity contribution in [2.75, 3.05) is 0 Å². The van der Waals surface area contributed by atoms with Crippen LogP contribution in [0.3, 0.4) is 0 Å². The lowest BCUT2D eigenvalue weighted by molar-refractivity contribution is 1.67. The van der Waals surface area contributed by atoms with Gasteiger partial charge in [0.05, 0.1) is 0 Å². The Balaban J connectivity index is -0.000000252. The van der Waals surface area contributed by atoms with E-state index in [1.807, 2.05) is 79.7 Å². The van der Waals surface area contributed by atoms with E-state index in [0.717, 1.165) is 0 Å². The van der Waals surface area contributed by atoms with Gasteiger partial charge in [-0.05, 0) is 18.1 Å². The highest BCUT2D eigenvalue weighted by Crippen LogP contribution is 1.98. The van der Waals surface area contributed by atoms with E-state index in [-0.39, 0.29) is 0 Å². The Morgan fingerprint density at radius 3 is 0.913 bits per heavy atom. The van der Waals surface area contributed by atoms with Crippen molar-refractivity contribution < 1.29 is 0 Å².